The second-order valence-electron chi connectivity index (χ2n) is 14.0. The van der Waals surface area contributed by atoms with E-state index >= 15 is 0 Å². The lowest BCUT2D eigenvalue weighted by Gasteiger charge is -2.25. The lowest BCUT2D eigenvalue weighted by atomic mass is 9.82. The van der Waals surface area contributed by atoms with Crippen molar-refractivity contribution in [3.63, 3.8) is 0 Å². The van der Waals surface area contributed by atoms with Crippen LogP contribution in [0.2, 0.25) is 0 Å². The summed E-state index contributed by atoms with van der Waals surface area (Å²) in [6, 6.07) is 13.6. The van der Waals surface area contributed by atoms with Crippen molar-refractivity contribution in [2.24, 2.45) is 17.8 Å². The molecule has 1 saturated carbocycles. The molecule has 2 N–H and O–H groups in total. The number of thioether (sulfide) groups is 1. The monoisotopic (exact) mass is 696 g/mol. The van der Waals surface area contributed by atoms with Gasteiger partial charge in [0.1, 0.15) is 6.04 Å². The van der Waals surface area contributed by atoms with Crippen LogP contribution in [0.3, 0.4) is 0 Å². The Morgan fingerprint density at radius 2 is 1.73 bits per heavy atom. The van der Waals surface area contributed by atoms with E-state index in [1.54, 1.807) is 18.9 Å². The van der Waals surface area contributed by atoms with E-state index in [0.717, 1.165) is 53.8 Å². The number of benzene rings is 2. The second-order valence-corrected chi connectivity index (χ2v) is 15.0. The van der Waals surface area contributed by atoms with Crippen LogP contribution in [0, 0.1) is 24.7 Å². The molecule has 2 aromatic carbocycles. The molecular weight excluding hydrogens is 629 g/mol. The van der Waals surface area contributed by atoms with E-state index in [1.165, 1.54) is 64.2 Å². The number of methoxy groups -OCH3 is 1. The lowest BCUT2D eigenvalue weighted by molar-refractivity contribution is -0.139. The number of carbonyl (C=O) groups is 2. The Morgan fingerprint density at radius 3 is 2.33 bits per heavy atom. The van der Waals surface area contributed by atoms with Crippen LogP contribution >= 0.6 is 11.8 Å². The molecule has 1 aliphatic heterocycles. The van der Waals surface area contributed by atoms with Crippen molar-refractivity contribution in [1.82, 2.24) is 10.2 Å². The Kier molecular flexibility index (Phi) is 20.9. The Balaban J connectivity index is 0.000000824. The van der Waals surface area contributed by atoms with Gasteiger partial charge in [-0.15, -0.1) is 0 Å². The lowest BCUT2D eigenvalue weighted by Crippen LogP contribution is -2.41. The number of nitrogens with one attached hydrogen (secondary N) is 1. The Hall–Kier alpha value is -2.35. The molecule has 49 heavy (non-hydrogen) atoms. The molecule has 1 aliphatic carbocycles. The number of hydrogen-bond acceptors (Lipinski definition) is 5. The van der Waals surface area contributed by atoms with Gasteiger partial charge in [0.2, 0.25) is 0 Å². The highest BCUT2D eigenvalue weighted by molar-refractivity contribution is 7.98. The average Bonchev–Trinajstić information content (AvgIpc) is 3.48. The van der Waals surface area contributed by atoms with Gasteiger partial charge in [0.15, 0.2) is 0 Å². The Bertz CT molecular complexity index is 1230. The van der Waals surface area contributed by atoms with Crippen molar-refractivity contribution in [1.29, 1.82) is 0 Å². The van der Waals surface area contributed by atoms with Crippen LogP contribution in [0.15, 0.2) is 42.5 Å². The molecule has 0 radical (unpaired) electrons. The minimum atomic E-state index is -1.00. The molecule has 2 aromatic rings. The summed E-state index contributed by atoms with van der Waals surface area (Å²) in [4.78, 5) is 27.8. The number of amides is 1. The van der Waals surface area contributed by atoms with Gasteiger partial charge >= 0.3 is 5.97 Å². The van der Waals surface area contributed by atoms with Gasteiger partial charge in [0.25, 0.3) is 5.91 Å². The number of carboxylic acids is 1. The molecule has 1 saturated heterocycles. The van der Waals surface area contributed by atoms with E-state index in [-0.39, 0.29) is 5.91 Å². The van der Waals surface area contributed by atoms with Crippen LogP contribution in [0.5, 0.6) is 0 Å². The van der Waals surface area contributed by atoms with Crippen LogP contribution in [0.25, 0.3) is 11.1 Å². The fraction of sp³-hybridized carbons (Fsp3) is 0.667. The summed E-state index contributed by atoms with van der Waals surface area (Å²) in [6.07, 6.45) is 15.8. The van der Waals surface area contributed by atoms with Gasteiger partial charge in [0, 0.05) is 31.8 Å². The van der Waals surface area contributed by atoms with Crippen molar-refractivity contribution < 1.29 is 19.4 Å². The topological polar surface area (TPSA) is 78.9 Å². The molecule has 7 heteroatoms. The molecule has 0 bridgehead atoms. The van der Waals surface area contributed by atoms with Gasteiger partial charge in [-0.05, 0) is 90.3 Å². The molecule has 4 unspecified atom stereocenters. The first-order valence-corrected chi connectivity index (χ1v) is 20.5. The smallest absolute Gasteiger partial charge is 0.326 e. The Labute approximate surface area is 303 Å². The molecule has 6 nitrogen and oxygen atoms in total. The molecule has 276 valence electrons. The predicted molar refractivity (Wildman–Crippen MR) is 210 cm³/mol. The number of nitrogens with zero attached hydrogens (tertiary/aromatic N) is 1. The van der Waals surface area contributed by atoms with Gasteiger partial charge in [-0.1, -0.05) is 116 Å². The van der Waals surface area contributed by atoms with Crippen LogP contribution in [0.4, 0.5) is 0 Å². The van der Waals surface area contributed by atoms with Crippen LogP contribution < -0.4 is 5.32 Å². The highest BCUT2D eigenvalue weighted by Gasteiger charge is 2.34. The highest BCUT2D eigenvalue weighted by atomic mass is 32.2. The third-order valence-corrected chi connectivity index (χ3v) is 10.9. The Morgan fingerprint density at radius 1 is 1.02 bits per heavy atom. The summed E-state index contributed by atoms with van der Waals surface area (Å²) < 4.78 is 5.63. The van der Waals surface area contributed by atoms with Crippen molar-refractivity contribution >= 4 is 23.6 Å². The van der Waals surface area contributed by atoms with E-state index in [2.05, 4.69) is 37.1 Å². The summed E-state index contributed by atoms with van der Waals surface area (Å²) in [5.41, 5.74) is 4.60. The number of hydrogen-bond donors (Lipinski definition) is 2. The predicted octanol–water partition coefficient (Wildman–Crippen LogP) is 10.3. The maximum absolute atomic E-state index is 13.4. The fourth-order valence-corrected chi connectivity index (χ4v) is 7.83. The van der Waals surface area contributed by atoms with E-state index in [0.29, 0.717) is 29.7 Å². The molecule has 2 fully saturated rings. The number of ether oxygens (including phenoxy) is 1. The van der Waals surface area contributed by atoms with Crippen LogP contribution in [0.1, 0.15) is 127 Å². The number of carbonyl (C=O) groups excluding carboxylic acids is 1. The van der Waals surface area contributed by atoms with Gasteiger partial charge in [-0.25, -0.2) is 4.79 Å². The number of likely N-dealkylation sites (tertiary alicyclic amines) is 1. The summed E-state index contributed by atoms with van der Waals surface area (Å²) in [5, 5.41) is 12.5. The normalized spacial score (nSPS) is 19.2. The van der Waals surface area contributed by atoms with E-state index in [4.69, 9.17) is 4.74 Å². The number of rotatable bonds is 16. The minimum Gasteiger partial charge on any atom is -0.480 e. The summed E-state index contributed by atoms with van der Waals surface area (Å²) >= 11 is 1.57. The highest BCUT2D eigenvalue weighted by Crippen LogP contribution is 2.36. The zero-order valence-corrected chi connectivity index (χ0v) is 32.9. The minimum absolute atomic E-state index is 0.343. The largest absolute Gasteiger partial charge is 0.480 e. The van der Waals surface area contributed by atoms with Crippen molar-refractivity contribution in [2.75, 3.05) is 32.3 Å². The molecular formula is C42H68N2O4S. The maximum atomic E-state index is 13.4. The molecule has 0 aromatic heterocycles. The molecule has 0 spiro atoms. The summed E-state index contributed by atoms with van der Waals surface area (Å²) in [7, 11) is 1.79. The second kappa shape index (κ2) is 23.9. The fourth-order valence-electron chi connectivity index (χ4n) is 7.36. The van der Waals surface area contributed by atoms with Crippen molar-refractivity contribution in [3.8, 4) is 11.1 Å². The molecule has 1 amide bonds. The van der Waals surface area contributed by atoms with E-state index in [1.807, 2.05) is 63.4 Å². The quantitative estimate of drug-likeness (QED) is 0.182. The first-order chi connectivity index (χ1) is 23.7. The zero-order chi connectivity index (χ0) is 36.2. The molecule has 4 rings (SSSR count). The zero-order valence-electron chi connectivity index (χ0n) is 32.1. The van der Waals surface area contributed by atoms with Gasteiger partial charge < -0.3 is 15.2 Å². The third-order valence-electron chi connectivity index (χ3n) is 10.2. The number of aryl methyl sites for hydroxylation is 1. The molecule has 2 aliphatic rings. The van der Waals surface area contributed by atoms with Crippen LogP contribution in [-0.4, -0.2) is 66.2 Å². The molecule has 1 heterocycles. The van der Waals surface area contributed by atoms with Crippen LogP contribution in [-0.2, 0) is 16.1 Å². The number of aliphatic carboxylic acids is 1. The number of carboxylic acid groups (broad SMARTS) is 1. The van der Waals surface area contributed by atoms with E-state index < -0.39 is 12.0 Å². The first-order valence-electron chi connectivity index (χ1n) is 19.1. The standard InChI is InChI=1S/C33H46N2O4S.C7H16.C2H6/c1-23-9-7-8-12-28(23)30-19-25(13-14-29(30)32(36)34-31(33(37)38)15-16-40-3)20-35-21-26(18-27(35)22-39-2)17-24-10-5-4-6-11-24;1-4-6-7(3)5-2;1-2/h7-9,12-14,19,24,26-27,31H,4-6,10-11,15-18,20-22H2,1-3H3,(H,34,36)(H,37,38);7H,4-6H2,1-3H3;1-2H3. The third kappa shape index (κ3) is 14.4. The summed E-state index contributed by atoms with van der Waals surface area (Å²) in [6.45, 7) is 15.5. The SMILES string of the molecule is CC.CCCC(C)CC.COCC1CC(CC2CCCCC2)CN1Cc1ccc(C(=O)NC(CCSC)C(=O)O)c(-c2ccccc2C)c1. The van der Waals surface area contributed by atoms with Gasteiger partial charge in [0.05, 0.1) is 6.61 Å². The van der Waals surface area contributed by atoms with Crippen molar-refractivity contribution in [3.05, 3.63) is 59.2 Å². The summed E-state index contributed by atoms with van der Waals surface area (Å²) in [5.74, 6) is 1.85. The first kappa shape index (κ1) is 42.8. The van der Waals surface area contributed by atoms with Gasteiger partial charge in [-0.3, -0.25) is 9.69 Å². The maximum Gasteiger partial charge on any atom is 0.326 e. The van der Waals surface area contributed by atoms with Crippen molar-refractivity contribution in [2.45, 2.75) is 131 Å². The average molecular weight is 697 g/mol. The molecule has 4 atom stereocenters. The van der Waals surface area contributed by atoms with E-state index in [9.17, 15) is 14.7 Å². The van der Waals surface area contributed by atoms with Gasteiger partial charge in [-0.2, -0.15) is 11.8 Å².